The summed E-state index contributed by atoms with van der Waals surface area (Å²) >= 11 is 0. The minimum atomic E-state index is -0.172. The highest BCUT2D eigenvalue weighted by Gasteiger charge is 2.13. The van der Waals surface area contributed by atoms with Crippen molar-refractivity contribution in [3.05, 3.63) is 24.4 Å². The molecule has 0 N–H and O–H groups in total. The fourth-order valence-corrected chi connectivity index (χ4v) is 1.18. The molecule has 3 nitrogen and oxygen atoms in total. The Bertz CT molecular complexity index is 238. The maximum absolute atomic E-state index is 11.1. The minimum absolute atomic E-state index is 0. The van der Waals surface area contributed by atoms with E-state index in [0.29, 0.717) is 13.2 Å². The van der Waals surface area contributed by atoms with Crippen LogP contribution in [0.1, 0.15) is 13.8 Å². The van der Waals surface area contributed by atoms with Gasteiger partial charge in [0.1, 0.15) is 6.54 Å². The van der Waals surface area contributed by atoms with Gasteiger partial charge < -0.3 is 9.64 Å². The molecular formula is C10H16ClNO2. The molecule has 0 radical (unpaired) electrons. The summed E-state index contributed by atoms with van der Waals surface area (Å²) in [7, 11) is 0. The molecule has 0 aromatic rings. The predicted octanol–water partition coefficient (Wildman–Crippen LogP) is 1.75. The van der Waals surface area contributed by atoms with Crippen molar-refractivity contribution in [1.29, 1.82) is 0 Å². The molecule has 1 rings (SSSR count). The molecule has 0 fully saturated rings. The fraction of sp³-hybridized carbons (Fsp3) is 0.500. The van der Waals surface area contributed by atoms with Gasteiger partial charge in [-0.25, -0.2) is 0 Å². The Kier molecular flexibility index (Phi) is 6.04. The quantitative estimate of drug-likeness (QED) is 0.675. The van der Waals surface area contributed by atoms with Gasteiger partial charge in [0.25, 0.3) is 0 Å². The summed E-state index contributed by atoms with van der Waals surface area (Å²) in [6.07, 6.45) is 7.84. The SMILES string of the molecule is CCOC(=O)CN1C=CC=CC1C.Cl. The average molecular weight is 218 g/mol. The first-order valence-electron chi connectivity index (χ1n) is 4.50. The van der Waals surface area contributed by atoms with Crippen LogP contribution in [0.15, 0.2) is 24.4 Å². The second-order valence-corrected chi connectivity index (χ2v) is 2.94. The van der Waals surface area contributed by atoms with Gasteiger partial charge >= 0.3 is 5.97 Å². The van der Waals surface area contributed by atoms with Crippen LogP contribution in [-0.2, 0) is 9.53 Å². The molecule has 4 heteroatoms. The Labute approximate surface area is 90.8 Å². The molecule has 1 atom stereocenters. The molecule has 0 saturated carbocycles. The number of hydrogen-bond donors (Lipinski definition) is 0. The van der Waals surface area contributed by atoms with Crippen molar-refractivity contribution in [3.63, 3.8) is 0 Å². The van der Waals surface area contributed by atoms with E-state index < -0.39 is 0 Å². The molecule has 1 unspecified atom stereocenters. The number of hydrogen-bond acceptors (Lipinski definition) is 3. The van der Waals surface area contributed by atoms with Crippen molar-refractivity contribution in [2.45, 2.75) is 19.9 Å². The van der Waals surface area contributed by atoms with Crippen molar-refractivity contribution in [2.24, 2.45) is 0 Å². The molecular weight excluding hydrogens is 202 g/mol. The Morgan fingerprint density at radius 3 is 2.79 bits per heavy atom. The monoisotopic (exact) mass is 217 g/mol. The van der Waals surface area contributed by atoms with Gasteiger partial charge in [0.15, 0.2) is 0 Å². The molecule has 1 aliphatic heterocycles. The lowest BCUT2D eigenvalue weighted by Crippen LogP contribution is -2.33. The molecule has 0 aromatic carbocycles. The van der Waals surface area contributed by atoms with Crippen molar-refractivity contribution in [3.8, 4) is 0 Å². The standard InChI is InChI=1S/C10H15NO2.ClH/c1-3-13-10(12)8-11-7-5-4-6-9(11)2;/h4-7,9H,3,8H2,1-2H3;1H. The molecule has 0 spiro atoms. The lowest BCUT2D eigenvalue weighted by molar-refractivity contribution is -0.144. The molecule has 0 bridgehead atoms. The summed E-state index contributed by atoms with van der Waals surface area (Å²) < 4.78 is 4.85. The van der Waals surface area contributed by atoms with Crippen LogP contribution in [0, 0.1) is 0 Å². The fourth-order valence-electron chi connectivity index (χ4n) is 1.18. The highest BCUT2D eigenvalue weighted by atomic mass is 35.5. The maximum Gasteiger partial charge on any atom is 0.325 e. The third-order valence-electron chi connectivity index (χ3n) is 1.92. The molecule has 0 saturated heterocycles. The highest BCUT2D eigenvalue weighted by molar-refractivity contribution is 5.85. The van der Waals surface area contributed by atoms with Crippen LogP contribution < -0.4 is 0 Å². The van der Waals surface area contributed by atoms with Gasteiger partial charge in [-0.05, 0) is 19.9 Å². The lowest BCUT2D eigenvalue weighted by atomic mass is 10.2. The van der Waals surface area contributed by atoms with E-state index in [1.165, 1.54) is 0 Å². The van der Waals surface area contributed by atoms with E-state index in [2.05, 4.69) is 0 Å². The third kappa shape index (κ3) is 3.83. The summed E-state index contributed by atoms with van der Waals surface area (Å²) in [5, 5.41) is 0. The zero-order chi connectivity index (χ0) is 9.68. The number of rotatable bonds is 3. The molecule has 1 aliphatic rings. The van der Waals surface area contributed by atoms with Gasteiger partial charge in [0, 0.05) is 12.2 Å². The van der Waals surface area contributed by atoms with Crippen LogP contribution in [0.5, 0.6) is 0 Å². The van der Waals surface area contributed by atoms with E-state index in [4.69, 9.17) is 4.74 Å². The van der Waals surface area contributed by atoms with E-state index in [-0.39, 0.29) is 24.4 Å². The first-order valence-corrected chi connectivity index (χ1v) is 4.50. The second-order valence-electron chi connectivity index (χ2n) is 2.94. The van der Waals surface area contributed by atoms with Gasteiger partial charge in [-0.15, -0.1) is 12.4 Å². The number of esters is 1. The van der Waals surface area contributed by atoms with Gasteiger partial charge in [-0.1, -0.05) is 12.2 Å². The van der Waals surface area contributed by atoms with Crippen LogP contribution in [0.2, 0.25) is 0 Å². The summed E-state index contributed by atoms with van der Waals surface area (Å²) in [6.45, 7) is 4.63. The Balaban J connectivity index is 0.00000169. The van der Waals surface area contributed by atoms with E-state index in [0.717, 1.165) is 0 Å². The highest BCUT2D eigenvalue weighted by Crippen LogP contribution is 2.06. The third-order valence-corrected chi connectivity index (χ3v) is 1.92. The average Bonchev–Trinajstić information content (AvgIpc) is 2.09. The van der Waals surface area contributed by atoms with Crippen molar-refractivity contribution in [1.82, 2.24) is 4.90 Å². The minimum Gasteiger partial charge on any atom is -0.465 e. The van der Waals surface area contributed by atoms with Gasteiger partial charge in [0.05, 0.1) is 6.61 Å². The second kappa shape index (κ2) is 6.49. The van der Waals surface area contributed by atoms with Crippen LogP contribution in [0.4, 0.5) is 0 Å². The van der Waals surface area contributed by atoms with Crippen molar-refractivity contribution in [2.75, 3.05) is 13.2 Å². The molecule has 80 valence electrons. The summed E-state index contributed by atoms with van der Waals surface area (Å²) in [6, 6.07) is 0.273. The molecule has 0 aliphatic carbocycles. The van der Waals surface area contributed by atoms with Crippen LogP contribution >= 0.6 is 12.4 Å². The summed E-state index contributed by atoms with van der Waals surface area (Å²) in [5.41, 5.74) is 0. The van der Waals surface area contributed by atoms with Crippen molar-refractivity contribution < 1.29 is 9.53 Å². The summed E-state index contributed by atoms with van der Waals surface area (Å²) in [5.74, 6) is -0.172. The largest absolute Gasteiger partial charge is 0.465 e. The van der Waals surface area contributed by atoms with Crippen LogP contribution in [0.25, 0.3) is 0 Å². The van der Waals surface area contributed by atoms with E-state index in [1.54, 1.807) is 0 Å². The topological polar surface area (TPSA) is 29.5 Å². The summed E-state index contributed by atoms with van der Waals surface area (Å²) in [4.78, 5) is 13.1. The number of nitrogens with zero attached hydrogens (tertiary/aromatic N) is 1. The normalized spacial score (nSPS) is 19.0. The Morgan fingerprint density at radius 1 is 1.50 bits per heavy atom. The molecule has 1 heterocycles. The van der Waals surface area contributed by atoms with Crippen molar-refractivity contribution >= 4 is 18.4 Å². The van der Waals surface area contributed by atoms with Gasteiger partial charge in [-0.2, -0.15) is 0 Å². The number of allylic oxidation sites excluding steroid dienone is 2. The lowest BCUT2D eigenvalue weighted by Gasteiger charge is -2.26. The van der Waals surface area contributed by atoms with E-state index >= 15 is 0 Å². The van der Waals surface area contributed by atoms with E-state index in [9.17, 15) is 4.79 Å². The maximum atomic E-state index is 11.1. The molecule has 14 heavy (non-hydrogen) atoms. The Morgan fingerprint density at radius 2 is 2.21 bits per heavy atom. The zero-order valence-corrected chi connectivity index (χ0v) is 9.29. The van der Waals surface area contributed by atoms with Crippen LogP contribution in [-0.4, -0.2) is 30.1 Å². The molecule has 0 aromatic heterocycles. The number of carbonyl (C=O) groups excluding carboxylic acids is 1. The van der Waals surface area contributed by atoms with E-state index in [1.807, 2.05) is 43.2 Å². The number of ether oxygens (including phenoxy) is 1. The Hall–Kier alpha value is -0.960. The first-order chi connectivity index (χ1) is 6.24. The smallest absolute Gasteiger partial charge is 0.325 e. The van der Waals surface area contributed by atoms with Gasteiger partial charge in [-0.3, -0.25) is 4.79 Å². The zero-order valence-electron chi connectivity index (χ0n) is 8.47. The number of carbonyl (C=O) groups is 1. The van der Waals surface area contributed by atoms with Crippen LogP contribution in [0.3, 0.4) is 0 Å². The predicted molar refractivity (Wildman–Crippen MR) is 58.3 cm³/mol. The number of halogens is 1. The first kappa shape index (κ1) is 13.0. The van der Waals surface area contributed by atoms with Gasteiger partial charge in [0.2, 0.25) is 0 Å². The molecule has 0 amide bonds.